The maximum Gasteiger partial charge on any atom is 0.220 e. The second-order valence-corrected chi connectivity index (χ2v) is 6.14. The van der Waals surface area contributed by atoms with E-state index in [1.165, 1.54) is 6.42 Å². The van der Waals surface area contributed by atoms with Gasteiger partial charge in [-0.1, -0.05) is 25.1 Å². The van der Waals surface area contributed by atoms with Gasteiger partial charge < -0.3 is 14.5 Å². The summed E-state index contributed by atoms with van der Waals surface area (Å²) < 4.78 is 11.3. The van der Waals surface area contributed by atoms with E-state index in [2.05, 4.69) is 18.3 Å². The van der Waals surface area contributed by atoms with Gasteiger partial charge in [-0.25, -0.2) is 0 Å². The molecule has 1 aliphatic carbocycles. The summed E-state index contributed by atoms with van der Waals surface area (Å²) in [4.78, 5) is 11.8. The Morgan fingerprint density at radius 3 is 2.78 bits per heavy atom. The molecule has 3 rings (SSSR count). The average Bonchev–Trinajstić information content (AvgIpc) is 3.11. The minimum absolute atomic E-state index is 0.0272. The number of aryl methyl sites for hydroxylation is 1. The molecule has 122 valence electrons. The van der Waals surface area contributed by atoms with Gasteiger partial charge in [-0.3, -0.25) is 4.79 Å². The van der Waals surface area contributed by atoms with Crippen LogP contribution < -0.4 is 10.1 Å². The van der Waals surface area contributed by atoms with E-state index < -0.39 is 0 Å². The molecule has 4 heteroatoms. The van der Waals surface area contributed by atoms with Crippen LogP contribution >= 0.6 is 0 Å². The summed E-state index contributed by atoms with van der Waals surface area (Å²) in [6, 6.07) is 13.6. The first-order chi connectivity index (χ1) is 11.2. The van der Waals surface area contributed by atoms with E-state index in [4.69, 9.17) is 9.15 Å². The fourth-order valence-electron chi connectivity index (χ4n) is 2.65. The Bertz CT molecular complexity index is 635. The van der Waals surface area contributed by atoms with Gasteiger partial charge in [0.1, 0.15) is 23.9 Å². The Morgan fingerprint density at radius 2 is 2.04 bits per heavy atom. The van der Waals surface area contributed by atoms with Crippen molar-refractivity contribution in [3.05, 3.63) is 54.0 Å². The Morgan fingerprint density at radius 1 is 1.26 bits per heavy atom. The highest BCUT2D eigenvalue weighted by Gasteiger charge is 2.36. The predicted molar refractivity (Wildman–Crippen MR) is 88.5 cm³/mol. The maximum absolute atomic E-state index is 11.8. The van der Waals surface area contributed by atoms with Crippen molar-refractivity contribution >= 4 is 5.91 Å². The van der Waals surface area contributed by atoms with Crippen LogP contribution in [0.5, 0.6) is 5.75 Å². The summed E-state index contributed by atoms with van der Waals surface area (Å²) in [6.45, 7) is 3.22. The van der Waals surface area contributed by atoms with Crippen LogP contribution in [0, 0.1) is 5.92 Å². The van der Waals surface area contributed by atoms with Gasteiger partial charge in [-0.05, 0) is 36.6 Å². The molecule has 1 aliphatic rings. The van der Waals surface area contributed by atoms with E-state index in [9.17, 15) is 4.79 Å². The van der Waals surface area contributed by atoms with E-state index in [1.54, 1.807) is 0 Å². The van der Waals surface area contributed by atoms with Gasteiger partial charge in [0.2, 0.25) is 5.91 Å². The maximum atomic E-state index is 11.8. The standard InChI is InChI=1S/C19H23NO3/c1-14-13-17(14)18-9-7-16(23-18)8-10-19(21)20-11-12-22-15-5-3-2-4-6-15/h2-7,9,14,17H,8,10-13H2,1H3,(H,20,21)/t14-,17-/m1/s1. The van der Waals surface area contributed by atoms with Gasteiger partial charge in [0.05, 0.1) is 6.54 Å². The highest BCUT2D eigenvalue weighted by Crippen LogP contribution is 2.47. The zero-order chi connectivity index (χ0) is 16.1. The van der Waals surface area contributed by atoms with Crippen molar-refractivity contribution in [3.8, 4) is 5.75 Å². The van der Waals surface area contributed by atoms with Crippen LogP contribution in [0.3, 0.4) is 0 Å². The molecule has 1 N–H and O–H groups in total. The van der Waals surface area contributed by atoms with Crippen LogP contribution in [0.2, 0.25) is 0 Å². The number of para-hydroxylation sites is 1. The molecule has 1 aromatic carbocycles. The third-order valence-electron chi connectivity index (χ3n) is 4.19. The first-order valence-electron chi connectivity index (χ1n) is 8.25. The van der Waals surface area contributed by atoms with E-state index in [-0.39, 0.29) is 5.91 Å². The number of carbonyl (C=O) groups is 1. The van der Waals surface area contributed by atoms with Crippen LogP contribution in [-0.2, 0) is 11.2 Å². The number of amides is 1. The van der Waals surface area contributed by atoms with Crippen molar-refractivity contribution in [1.29, 1.82) is 0 Å². The number of rotatable bonds is 8. The molecular formula is C19H23NO3. The van der Waals surface area contributed by atoms with Gasteiger partial charge in [0.15, 0.2) is 0 Å². The van der Waals surface area contributed by atoms with Crippen LogP contribution in [0.4, 0.5) is 0 Å². The monoisotopic (exact) mass is 313 g/mol. The molecule has 0 unspecified atom stereocenters. The average molecular weight is 313 g/mol. The molecule has 1 amide bonds. The van der Waals surface area contributed by atoms with Gasteiger partial charge in [-0.2, -0.15) is 0 Å². The lowest BCUT2D eigenvalue weighted by Crippen LogP contribution is -2.28. The summed E-state index contributed by atoms with van der Waals surface area (Å²) in [7, 11) is 0. The van der Waals surface area contributed by atoms with Crippen LogP contribution in [0.25, 0.3) is 0 Å². The second-order valence-electron chi connectivity index (χ2n) is 6.14. The van der Waals surface area contributed by atoms with Gasteiger partial charge in [0, 0.05) is 18.8 Å². The minimum Gasteiger partial charge on any atom is -0.492 e. The molecule has 4 nitrogen and oxygen atoms in total. The zero-order valence-electron chi connectivity index (χ0n) is 13.5. The molecule has 1 fully saturated rings. The topological polar surface area (TPSA) is 51.5 Å². The molecule has 2 aromatic rings. The van der Waals surface area contributed by atoms with Crippen LogP contribution in [0.15, 0.2) is 46.9 Å². The Kier molecular flexibility index (Phi) is 5.01. The third-order valence-corrected chi connectivity index (χ3v) is 4.19. The van der Waals surface area contributed by atoms with Crippen molar-refractivity contribution in [3.63, 3.8) is 0 Å². The molecular weight excluding hydrogens is 290 g/mol. The van der Waals surface area contributed by atoms with E-state index >= 15 is 0 Å². The quantitative estimate of drug-likeness (QED) is 0.759. The predicted octanol–water partition coefficient (Wildman–Crippen LogP) is 3.53. The summed E-state index contributed by atoms with van der Waals surface area (Å²) in [5.74, 6) is 4.15. The fraction of sp³-hybridized carbons (Fsp3) is 0.421. The number of nitrogens with one attached hydrogen (secondary N) is 1. The molecule has 1 saturated carbocycles. The zero-order valence-corrected chi connectivity index (χ0v) is 13.5. The molecule has 2 atom stereocenters. The second kappa shape index (κ2) is 7.36. The SMILES string of the molecule is C[C@@H]1C[C@H]1c1ccc(CCC(=O)NCCOc2ccccc2)o1. The van der Waals surface area contributed by atoms with Crippen molar-refractivity contribution in [2.24, 2.45) is 5.92 Å². The third kappa shape index (κ3) is 4.62. The Labute approximate surface area is 136 Å². The van der Waals surface area contributed by atoms with Crippen LogP contribution in [0.1, 0.15) is 37.2 Å². The summed E-state index contributed by atoms with van der Waals surface area (Å²) in [6.07, 6.45) is 2.31. The molecule has 0 aliphatic heterocycles. The first-order valence-corrected chi connectivity index (χ1v) is 8.25. The largest absolute Gasteiger partial charge is 0.492 e. The highest BCUT2D eigenvalue weighted by molar-refractivity contribution is 5.76. The normalized spacial score (nSPS) is 19.3. The number of hydrogen-bond donors (Lipinski definition) is 1. The molecule has 0 bridgehead atoms. The lowest BCUT2D eigenvalue weighted by Gasteiger charge is -2.07. The number of hydrogen-bond acceptors (Lipinski definition) is 3. The minimum atomic E-state index is 0.0272. The Hall–Kier alpha value is -2.23. The number of carbonyl (C=O) groups excluding carboxylic acids is 1. The Balaban J connectivity index is 1.31. The van der Waals surface area contributed by atoms with Gasteiger partial charge in [-0.15, -0.1) is 0 Å². The lowest BCUT2D eigenvalue weighted by atomic mass is 10.2. The molecule has 1 aromatic heterocycles. The summed E-state index contributed by atoms with van der Waals surface area (Å²) in [5.41, 5.74) is 0. The van der Waals surface area contributed by atoms with E-state index in [0.717, 1.165) is 23.2 Å². The van der Waals surface area contributed by atoms with E-state index in [0.29, 0.717) is 31.9 Å². The van der Waals surface area contributed by atoms with Crippen molar-refractivity contribution in [1.82, 2.24) is 5.32 Å². The fourth-order valence-corrected chi connectivity index (χ4v) is 2.65. The highest BCUT2D eigenvalue weighted by atomic mass is 16.5. The lowest BCUT2D eigenvalue weighted by molar-refractivity contribution is -0.121. The molecule has 1 heterocycles. The first kappa shape index (κ1) is 15.7. The smallest absolute Gasteiger partial charge is 0.220 e. The van der Waals surface area contributed by atoms with Crippen molar-refractivity contribution in [2.45, 2.75) is 32.1 Å². The van der Waals surface area contributed by atoms with E-state index in [1.807, 2.05) is 36.4 Å². The summed E-state index contributed by atoms with van der Waals surface area (Å²) >= 11 is 0. The van der Waals surface area contributed by atoms with Crippen LogP contribution in [-0.4, -0.2) is 19.1 Å². The van der Waals surface area contributed by atoms with Crippen molar-refractivity contribution in [2.75, 3.05) is 13.2 Å². The van der Waals surface area contributed by atoms with Gasteiger partial charge >= 0.3 is 0 Å². The van der Waals surface area contributed by atoms with Crippen molar-refractivity contribution < 1.29 is 13.9 Å². The molecule has 0 saturated heterocycles. The van der Waals surface area contributed by atoms with Gasteiger partial charge in [0.25, 0.3) is 0 Å². The number of ether oxygens (including phenoxy) is 1. The number of furan rings is 1. The molecule has 0 radical (unpaired) electrons. The summed E-state index contributed by atoms with van der Waals surface area (Å²) in [5, 5.41) is 2.87. The number of benzene rings is 1. The molecule has 23 heavy (non-hydrogen) atoms. The molecule has 0 spiro atoms.